The molecule has 1 heterocycles. The van der Waals surface area contributed by atoms with Gasteiger partial charge in [-0.15, -0.1) is 0 Å². The van der Waals surface area contributed by atoms with Gasteiger partial charge >= 0.3 is 0 Å². The van der Waals surface area contributed by atoms with Crippen LogP contribution in [-0.4, -0.2) is 24.5 Å². The Bertz CT molecular complexity index is 698. The van der Waals surface area contributed by atoms with E-state index in [1.165, 1.54) is 5.56 Å². The van der Waals surface area contributed by atoms with Crippen molar-refractivity contribution in [3.63, 3.8) is 0 Å². The van der Waals surface area contributed by atoms with E-state index in [9.17, 15) is 8.78 Å². The summed E-state index contributed by atoms with van der Waals surface area (Å²) in [6.07, 6.45) is 4.11. The van der Waals surface area contributed by atoms with Gasteiger partial charge in [0, 0.05) is 19.0 Å². The fraction of sp³-hybridized carbons (Fsp3) is 0.478. The first-order valence-corrected chi connectivity index (χ1v) is 9.69. The van der Waals surface area contributed by atoms with Gasteiger partial charge in [-0.1, -0.05) is 61.5 Å². The van der Waals surface area contributed by atoms with Gasteiger partial charge < -0.3 is 4.90 Å². The van der Waals surface area contributed by atoms with Crippen LogP contribution in [0, 0.1) is 0 Å². The molecule has 3 heteroatoms. The second-order valence-corrected chi connectivity index (χ2v) is 7.64. The van der Waals surface area contributed by atoms with Gasteiger partial charge in [0.15, 0.2) is 0 Å². The van der Waals surface area contributed by atoms with Crippen LogP contribution in [0.5, 0.6) is 0 Å². The van der Waals surface area contributed by atoms with Crippen molar-refractivity contribution in [2.45, 2.75) is 50.9 Å². The molecular weight excluding hydrogens is 328 g/mol. The third-order valence-electron chi connectivity index (χ3n) is 6.06. The van der Waals surface area contributed by atoms with Crippen molar-refractivity contribution in [2.75, 3.05) is 19.6 Å². The molecule has 1 aliphatic rings. The second-order valence-electron chi connectivity index (χ2n) is 7.64. The van der Waals surface area contributed by atoms with Crippen molar-refractivity contribution in [1.29, 1.82) is 0 Å². The molecule has 0 radical (unpaired) electrons. The monoisotopic (exact) mass is 357 g/mol. The molecule has 1 fully saturated rings. The van der Waals surface area contributed by atoms with Crippen LogP contribution >= 0.6 is 0 Å². The zero-order chi connectivity index (χ0) is 18.6. The highest BCUT2D eigenvalue weighted by Gasteiger charge is 2.34. The number of hydrogen-bond acceptors (Lipinski definition) is 1. The lowest BCUT2D eigenvalue weighted by atomic mass is 9.71. The van der Waals surface area contributed by atoms with Crippen LogP contribution in [0.2, 0.25) is 0 Å². The lowest BCUT2D eigenvalue weighted by Crippen LogP contribution is -2.43. The van der Waals surface area contributed by atoms with Crippen molar-refractivity contribution in [3.8, 4) is 0 Å². The van der Waals surface area contributed by atoms with Gasteiger partial charge in [0.1, 0.15) is 0 Å². The Kier molecular flexibility index (Phi) is 5.76. The molecule has 26 heavy (non-hydrogen) atoms. The Balaban J connectivity index is 1.62. The molecule has 1 saturated heterocycles. The topological polar surface area (TPSA) is 3.24 Å². The summed E-state index contributed by atoms with van der Waals surface area (Å²) >= 11 is 0. The third kappa shape index (κ3) is 4.15. The maximum atomic E-state index is 13.8. The van der Waals surface area contributed by atoms with Crippen molar-refractivity contribution in [3.05, 3.63) is 71.3 Å². The normalized spacial score (nSPS) is 18.0. The van der Waals surface area contributed by atoms with Crippen LogP contribution in [0.1, 0.15) is 49.8 Å². The Labute approximate surface area is 156 Å². The smallest absolute Gasteiger partial charge is 0.270 e. The summed E-state index contributed by atoms with van der Waals surface area (Å²) in [6.45, 7) is 6.19. The lowest BCUT2D eigenvalue weighted by molar-refractivity contribution is 0.0164. The Morgan fingerprint density at radius 3 is 2.19 bits per heavy atom. The molecule has 2 aromatic carbocycles. The average Bonchev–Trinajstić information content (AvgIpc) is 2.67. The number of alkyl halides is 2. The molecule has 1 aliphatic heterocycles. The number of halogens is 2. The highest BCUT2D eigenvalue weighted by Crippen LogP contribution is 2.38. The lowest BCUT2D eigenvalue weighted by Gasteiger charge is -2.42. The number of piperidine rings is 1. The molecule has 3 rings (SSSR count). The fourth-order valence-corrected chi connectivity index (χ4v) is 4.29. The molecule has 140 valence electrons. The van der Waals surface area contributed by atoms with Crippen molar-refractivity contribution < 1.29 is 8.78 Å². The minimum absolute atomic E-state index is 0.171. The summed E-state index contributed by atoms with van der Waals surface area (Å²) in [7, 11) is 0. The number of rotatable bonds is 6. The average molecular weight is 357 g/mol. The Morgan fingerprint density at radius 1 is 0.962 bits per heavy atom. The summed E-state index contributed by atoms with van der Waals surface area (Å²) < 4.78 is 27.6. The van der Waals surface area contributed by atoms with E-state index in [1.54, 1.807) is 12.1 Å². The first-order chi connectivity index (χ1) is 12.4. The van der Waals surface area contributed by atoms with Crippen molar-refractivity contribution >= 4 is 0 Å². The SMILES string of the molecule is CCC1(c2ccccc2)CCN(CCc2ccccc2C(C)(F)F)CC1. The number of benzene rings is 2. The van der Waals surface area contributed by atoms with Crippen LogP contribution in [0.4, 0.5) is 8.78 Å². The zero-order valence-electron chi connectivity index (χ0n) is 15.8. The summed E-state index contributed by atoms with van der Waals surface area (Å²) in [5.74, 6) is -2.77. The maximum Gasteiger partial charge on any atom is 0.270 e. The summed E-state index contributed by atoms with van der Waals surface area (Å²) in [5.41, 5.74) is 2.66. The fourth-order valence-electron chi connectivity index (χ4n) is 4.29. The molecular formula is C23H29F2N. The molecule has 0 unspecified atom stereocenters. The maximum absolute atomic E-state index is 13.8. The van der Waals surface area contributed by atoms with E-state index in [0.29, 0.717) is 6.42 Å². The standard InChI is InChI=1S/C23H29F2N/c1-3-23(20-10-5-4-6-11-20)14-17-26(18-15-23)16-13-19-9-7-8-12-21(19)22(2,24)25/h4-12H,3,13-18H2,1-2H3. The molecule has 0 aliphatic carbocycles. The predicted octanol–water partition coefficient (Wildman–Crippen LogP) is 5.78. The predicted molar refractivity (Wildman–Crippen MR) is 104 cm³/mol. The van der Waals surface area contributed by atoms with Gasteiger partial charge in [-0.25, -0.2) is 8.78 Å². The summed E-state index contributed by atoms with van der Waals surface area (Å²) in [5, 5.41) is 0. The Morgan fingerprint density at radius 2 is 1.58 bits per heavy atom. The first-order valence-electron chi connectivity index (χ1n) is 9.69. The van der Waals surface area contributed by atoms with Crippen LogP contribution in [0.3, 0.4) is 0 Å². The molecule has 0 atom stereocenters. The van der Waals surface area contributed by atoms with Gasteiger partial charge in [0.25, 0.3) is 5.92 Å². The molecule has 0 spiro atoms. The highest BCUT2D eigenvalue weighted by atomic mass is 19.3. The molecule has 0 amide bonds. The molecule has 0 aromatic heterocycles. The summed E-state index contributed by atoms with van der Waals surface area (Å²) in [6, 6.07) is 17.8. The zero-order valence-corrected chi connectivity index (χ0v) is 15.8. The third-order valence-corrected chi connectivity index (χ3v) is 6.06. The molecule has 0 saturated carbocycles. The largest absolute Gasteiger partial charge is 0.303 e. The van der Waals surface area contributed by atoms with E-state index in [2.05, 4.69) is 42.2 Å². The van der Waals surface area contributed by atoms with Crippen LogP contribution in [-0.2, 0) is 17.8 Å². The van der Waals surface area contributed by atoms with E-state index in [-0.39, 0.29) is 11.0 Å². The Hall–Kier alpha value is -1.74. The molecule has 0 bridgehead atoms. The van der Waals surface area contributed by atoms with Gasteiger partial charge in [0.2, 0.25) is 0 Å². The highest BCUT2D eigenvalue weighted by molar-refractivity contribution is 5.31. The van der Waals surface area contributed by atoms with Gasteiger partial charge in [0.05, 0.1) is 0 Å². The van der Waals surface area contributed by atoms with E-state index >= 15 is 0 Å². The summed E-state index contributed by atoms with van der Waals surface area (Å²) in [4.78, 5) is 2.43. The van der Waals surface area contributed by atoms with Crippen molar-refractivity contribution in [2.24, 2.45) is 0 Å². The van der Waals surface area contributed by atoms with Crippen molar-refractivity contribution in [1.82, 2.24) is 4.90 Å². The van der Waals surface area contributed by atoms with E-state index < -0.39 is 5.92 Å². The van der Waals surface area contributed by atoms with E-state index in [4.69, 9.17) is 0 Å². The molecule has 1 nitrogen and oxygen atoms in total. The number of hydrogen-bond donors (Lipinski definition) is 0. The first kappa shape index (κ1) is 19.0. The van der Waals surface area contributed by atoms with Crippen LogP contribution in [0.25, 0.3) is 0 Å². The van der Waals surface area contributed by atoms with Gasteiger partial charge in [-0.2, -0.15) is 0 Å². The quantitative estimate of drug-likeness (QED) is 0.633. The number of nitrogens with zero attached hydrogens (tertiary/aromatic N) is 1. The van der Waals surface area contributed by atoms with Gasteiger partial charge in [-0.05, 0) is 55.3 Å². The minimum atomic E-state index is -2.77. The minimum Gasteiger partial charge on any atom is -0.303 e. The van der Waals surface area contributed by atoms with E-state index in [1.807, 2.05) is 12.1 Å². The molecule has 2 aromatic rings. The van der Waals surface area contributed by atoms with Crippen LogP contribution < -0.4 is 0 Å². The second kappa shape index (κ2) is 7.87. The van der Waals surface area contributed by atoms with E-state index in [0.717, 1.165) is 51.4 Å². The number of likely N-dealkylation sites (tertiary alicyclic amines) is 1. The van der Waals surface area contributed by atoms with Crippen LogP contribution in [0.15, 0.2) is 54.6 Å². The van der Waals surface area contributed by atoms with Gasteiger partial charge in [-0.3, -0.25) is 0 Å². The molecule has 0 N–H and O–H groups in total.